The van der Waals surface area contributed by atoms with Crippen molar-refractivity contribution in [1.82, 2.24) is 9.55 Å². The number of ether oxygens (including phenoxy) is 1. The van der Waals surface area contributed by atoms with Gasteiger partial charge < -0.3 is 9.30 Å². The highest BCUT2D eigenvalue weighted by Crippen LogP contribution is 2.30. The van der Waals surface area contributed by atoms with Gasteiger partial charge in [0, 0.05) is 18.8 Å². The molecule has 0 atom stereocenters. The molecule has 0 N–H and O–H groups in total. The molecule has 0 aliphatic rings. The Morgan fingerprint density at radius 1 is 1.25 bits per heavy atom. The van der Waals surface area contributed by atoms with Gasteiger partial charge in [0.15, 0.2) is 0 Å². The zero-order valence-corrected chi connectivity index (χ0v) is 10.7. The van der Waals surface area contributed by atoms with E-state index in [1.54, 1.807) is 0 Å². The van der Waals surface area contributed by atoms with E-state index in [9.17, 15) is 18.0 Å². The zero-order chi connectivity index (χ0) is 14.9. The number of esters is 1. The second-order valence-electron chi connectivity index (χ2n) is 4.13. The van der Waals surface area contributed by atoms with E-state index in [1.165, 1.54) is 44.6 Å². The van der Waals surface area contributed by atoms with Crippen LogP contribution in [0.5, 0.6) is 0 Å². The average Bonchev–Trinajstić information content (AvgIpc) is 2.80. The molecular weight excluding hydrogens is 273 g/mol. The molecule has 0 bridgehead atoms. The smallest absolute Gasteiger partial charge is 0.449 e. The van der Waals surface area contributed by atoms with Gasteiger partial charge in [0.05, 0.1) is 18.4 Å². The molecule has 0 saturated heterocycles. The van der Waals surface area contributed by atoms with Crippen LogP contribution >= 0.6 is 0 Å². The predicted octanol–water partition coefficient (Wildman–Crippen LogP) is 2.89. The van der Waals surface area contributed by atoms with Crippen molar-refractivity contribution in [3.8, 4) is 11.3 Å². The van der Waals surface area contributed by atoms with Crippen molar-refractivity contribution in [2.24, 2.45) is 7.05 Å². The van der Waals surface area contributed by atoms with E-state index >= 15 is 0 Å². The zero-order valence-electron chi connectivity index (χ0n) is 10.7. The summed E-state index contributed by atoms with van der Waals surface area (Å²) in [4.78, 5) is 14.8. The van der Waals surface area contributed by atoms with E-state index < -0.39 is 18.0 Å². The molecule has 7 heteroatoms. The minimum Gasteiger partial charge on any atom is -0.465 e. The lowest BCUT2D eigenvalue weighted by Gasteiger charge is -2.04. The van der Waals surface area contributed by atoms with E-state index in [2.05, 4.69) is 9.72 Å². The van der Waals surface area contributed by atoms with Crippen molar-refractivity contribution in [3.63, 3.8) is 0 Å². The van der Waals surface area contributed by atoms with Gasteiger partial charge in [-0.1, -0.05) is 12.1 Å². The Balaban J connectivity index is 2.35. The van der Waals surface area contributed by atoms with E-state index in [0.29, 0.717) is 11.1 Å². The monoisotopic (exact) mass is 284 g/mol. The fourth-order valence-corrected chi connectivity index (χ4v) is 1.76. The lowest BCUT2D eigenvalue weighted by Crippen LogP contribution is -2.12. The van der Waals surface area contributed by atoms with Gasteiger partial charge in [-0.05, 0) is 12.1 Å². The highest BCUT2D eigenvalue weighted by Gasteiger charge is 2.36. The van der Waals surface area contributed by atoms with Crippen LogP contribution in [-0.2, 0) is 18.0 Å². The van der Waals surface area contributed by atoms with Gasteiger partial charge in [0.1, 0.15) is 0 Å². The molecule has 0 amide bonds. The van der Waals surface area contributed by atoms with Crippen molar-refractivity contribution >= 4 is 5.97 Å². The van der Waals surface area contributed by atoms with Crippen LogP contribution in [0.2, 0.25) is 0 Å². The third kappa shape index (κ3) is 2.66. The van der Waals surface area contributed by atoms with Crippen LogP contribution in [-0.4, -0.2) is 22.6 Å². The molecule has 106 valence electrons. The number of halogens is 3. The molecule has 0 unspecified atom stereocenters. The van der Waals surface area contributed by atoms with Crippen LogP contribution < -0.4 is 0 Å². The first kappa shape index (κ1) is 14.1. The summed E-state index contributed by atoms with van der Waals surface area (Å²) >= 11 is 0. The highest BCUT2D eigenvalue weighted by atomic mass is 19.4. The lowest BCUT2D eigenvalue weighted by molar-refractivity contribution is -0.146. The first-order valence-corrected chi connectivity index (χ1v) is 5.62. The topological polar surface area (TPSA) is 44.1 Å². The van der Waals surface area contributed by atoms with Crippen LogP contribution in [0.3, 0.4) is 0 Å². The number of hydrogen-bond donors (Lipinski definition) is 0. The summed E-state index contributed by atoms with van der Waals surface area (Å²) in [7, 11) is 2.53. The Hall–Kier alpha value is -2.31. The van der Waals surface area contributed by atoms with Gasteiger partial charge in [0.25, 0.3) is 0 Å². The Morgan fingerprint density at radius 3 is 2.30 bits per heavy atom. The minimum absolute atomic E-state index is 0.191. The van der Waals surface area contributed by atoms with Gasteiger partial charge in [0.2, 0.25) is 5.82 Å². The summed E-state index contributed by atoms with van der Waals surface area (Å²) in [6.07, 6.45) is -3.21. The number of carbonyl (C=O) groups is 1. The van der Waals surface area contributed by atoms with Crippen LogP contribution in [0, 0.1) is 0 Å². The number of rotatable bonds is 2. The predicted molar refractivity (Wildman–Crippen MR) is 65.0 cm³/mol. The Bertz CT molecular complexity index is 630. The largest absolute Gasteiger partial charge is 0.465 e. The Morgan fingerprint density at radius 2 is 1.85 bits per heavy atom. The third-order valence-corrected chi connectivity index (χ3v) is 2.73. The molecule has 1 aromatic heterocycles. The Kier molecular flexibility index (Phi) is 3.52. The molecule has 0 aliphatic carbocycles. The molecule has 0 spiro atoms. The van der Waals surface area contributed by atoms with Crippen molar-refractivity contribution in [2.45, 2.75) is 6.18 Å². The maximum absolute atomic E-state index is 12.6. The van der Waals surface area contributed by atoms with Gasteiger partial charge in [-0.3, -0.25) is 0 Å². The fourth-order valence-electron chi connectivity index (χ4n) is 1.76. The van der Waals surface area contributed by atoms with Crippen LogP contribution in [0.25, 0.3) is 11.3 Å². The summed E-state index contributed by atoms with van der Waals surface area (Å²) < 4.78 is 43.4. The molecule has 0 saturated carbocycles. The number of hydrogen-bond acceptors (Lipinski definition) is 3. The standard InChI is InChI=1S/C13H11F3N2O2/c1-18-7-10(17-12(18)13(14,15)16)8-3-5-9(6-4-8)11(19)20-2/h3-7H,1-2H3. The number of aryl methyl sites for hydroxylation is 1. The number of carbonyl (C=O) groups excluding carboxylic acids is 1. The molecular formula is C13H11F3N2O2. The number of imidazole rings is 1. The summed E-state index contributed by atoms with van der Waals surface area (Å²) in [5.41, 5.74) is 1.00. The maximum Gasteiger partial charge on any atom is 0.449 e. The molecule has 0 fully saturated rings. The highest BCUT2D eigenvalue weighted by molar-refractivity contribution is 5.89. The van der Waals surface area contributed by atoms with Crippen LogP contribution in [0.1, 0.15) is 16.2 Å². The molecule has 2 rings (SSSR count). The molecule has 2 aromatic rings. The summed E-state index contributed by atoms with van der Waals surface area (Å²) in [6.45, 7) is 0. The van der Waals surface area contributed by atoms with Crippen LogP contribution in [0.4, 0.5) is 13.2 Å². The van der Waals surface area contributed by atoms with Crippen LogP contribution in [0.15, 0.2) is 30.5 Å². The summed E-state index contributed by atoms with van der Waals surface area (Å²) in [6, 6.07) is 6.00. The third-order valence-electron chi connectivity index (χ3n) is 2.73. The first-order chi connectivity index (χ1) is 9.32. The average molecular weight is 284 g/mol. The molecule has 4 nitrogen and oxygen atoms in total. The van der Waals surface area contributed by atoms with Gasteiger partial charge >= 0.3 is 12.1 Å². The number of methoxy groups -OCH3 is 1. The first-order valence-electron chi connectivity index (χ1n) is 5.62. The molecule has 0 radical (unpaired) electrons. The van der Waals surface area contributed by atoms with Crippen molar-refractivity contribution in [3.05, 3.63) is 41.9 Å². The van der Waals surface area contributed by atoms with Gasteiger partial charge in [-0.15, -0.1) is 0 Å². The normalized spacial score (nSPS) is 11.4. The molecule has 1 aromatic carbocycles. The number of aromatic nitrogens is 2. The van der Waals surface area contributed by atoms with E-state index in [1.807, 2.05) is 0 Å². The summed E-state index contributed by atoms with van der Waals surface area (Å²) in [5, 5.41) is 0. The lowest BCUT2D eigenvalue weighted by atomic mass is 10.1. The Labute approximate surface area is 112 Å². The van der Waals surface area contributed by atoms with E-state index in [4.69, 9.17) is 0 Å². The van der Waals surface area contributed by atoms with Crippen molar-refractivity contribution in [2.75, 3.05) is 7.11 Å². The van der Waals surface area contributed by atoms with Gasteiger partial charge in [-0.25, -0.2) is 9.78 Å². The van der Waals surface area contributed by atoms with Crippen molar-refractivity contribution < 1.29 is 22.7 Å². The molecule has 1 heterocycles. The van der Waals surface area contributed by atoms with E-state index in [-0.39, 0.29) is 5.69 Å². The van der Waals surface area contributed by atoms with E-state index in [0.717, 1.165) is 4.57 Å². The number of benzene rings is 1. The number of alkyl halides is 3. The SMILES string of the molecule is COC(=O)c1ccc(-c2cn(C)c(C(F)(F)F)n2)cc1. The summed E-state index contributed by atoms with van der Waals surface area (Å²) in [5.74, 6) is -1.47. The quantitative estimate of drug-likeness (QED) is 0.796. The number of nitrogens with zero attached hydrogens (tertiary/aromatic N) is 2. The maximum atomic E-state index is 12.6. The van der Waals surface area contributed by atoms with Crippen molar-refractivity contribution in [1.29, 1.82) is 0 Å². The van der Waals surface area contributed by atoms with Gasteiger partial charge in [-0.2, -0.15) is 13.2 Å². The second kappa shape index (κ2) is 4.99. The molecule has 0 aliphatic heterocycles. The fraction of sp³-hybridized carbons (Fsp3) is 0.231. The second-order valence-corrected chi connectivity index (χ2v) is 4.13. The minimum atomic E-state index is -4.50. The molecule has 20 heavy (non-hydrogen) atoms.